The lowest BCUT2D eigenvalue weighted by molar-refractivity contribution is 0.215. The number of anilines is 2. The van der Waals surface area contributed by atoms with Crippen LogP contribution in [0.5, 0.6) is 5.75 Å². The summed E-state index contributed by atoms with van der Waals surface area (Å²) in [4.78, 5) is 18.8. The maximum absolute atomic E-state index is 14.4. The molecule has 1 fully saturated rings. The highest BCUT2D eigenvalue weighted by Crippen LogP contribution is 2.37. The summed E-state index contributed by atoms with van der Waals surface area (Å²) in [7, 11) is 0. The summed E-state index contributed by atoms with van der Waals surface area (Å²) in [6.07, 6.45) is 3.92. The standard InChI is InChI=1S/C23H19F2N5O2/c24-15-8-9-18(25)17(13-15)19-7-4-11-29(19)21-10-12-30-22(28-21)20(14-26-30)32-23(31)27-16-5-2-1-3-6-16/h1-3,5-6,8-10,12-14,19H,4,7,11H2,(H,27,31)/t19-/m1/s1. The minimum absolute atomic E-state index is 0.188. The highest BCUT2D eigenvalue weighted by atomic mass is 19.1. The molecule has 1 aliphatic heterocycles. The van der Waals surface area contributed by atoms with Crippen LogP contribution in [0.15, 0.2) is 67.0 Å². The third kappa shape index (κ3) is 3.84. The van der Waals surface area contributed by atoms with Crippen molar-refractivity contribution < 1.29 is 18.3 Å². The van der Waals surface area contributed by atoms with E-state index in [1.807, 2.05) is 11.0 Å². The Kier molecular flexibility index (Phi) is 5.14. The number of nitrogens with zero attached hydrogens (tertiary/aromatic N) is 4. The molecule has 32 heavy (non-hydrogen) atoms. The molecule has 2 aromatic carbocycles. The molecule has 9 heteroatoms. The molecule has 0 bridgehead atoms. The number of carbonyl (C=O) groups excluding carboxylic acids is 1. The largest absolute Gasteiger partial charge is 0.417 e. The van der Waals surface area contributed by atoms with Crippen LogP contribution >= 0.6 is 0 Å². The first kappa shape index (κ1) is 19.9. The highest BCUT2D eigenvalue weighted by Gasteiger charge is 2.30. The molecule has 1 atom stereocenters. The zero-order chi connectivity index (χ0) is 22.1. The number of nitrogens with one attached hydrogen (secondary N) is 1. The summed E-state index contributed by atoms with van der Waals surface area (Å²) in [5, 5.41) is 6.81. The molecule has 2 aromatic heterocycles. The lowest BCUT2D eigenvalue weighted by atomic mass is 10.0. The second kappa shape index (κ2) is 8.26. The molecule has 3 heterocycles. The van der Waals surface area contributed by atoms with Crippen LogP contribution in [0.25, 0.3) is 5.65 Å². The van der Waals surface area contributed by atoms with E-state index < -0.39 is 17.7 Å². The fourth-order valence-corrected chi connectivity index (χ4v) is 3.97. The molecule has 0 saturated carbocycles. The van der Waals surface area contributed by atoms with E-state index in [9.17, 15) is 13.6 Å². The molecular weight excluding hydrogens is 416 g/mol. The number of fused-ring (bicyclic) bond motifs is 1. The first-order chi connectivity index (χ1) is 15.6. The molecule has 1 saturated heterocycles. The maximum atomic E-state index is 14.4. The minimum Gasteiger partial charge on any atom is -0.404 e. The minimum atomic E-state index is -0.667. The number of benzene rings is 2. The van der Waals surface area contributed by atoms with Gasteiger partial charge in [-0.25, -0.2) is 23.1 Å². The number of hydrogen-bond acceptors (Lipinski definition) is 5. The predicted octanol–water partition coefficient (Wildman–Crippen LogP) is 4.96. The second-order valence-corrected chi connectivity index (χ2v) is 7.46. The highest BCUT2D eigenvalue weighted by molar-refractivity contribution is 5.87. The van der Waals surface area contributed by atoms with Crippen molar-refractivity contribution >= 4 is 23.2 Å². The van der Waals surface area contributed by atoms with E-state index in [0.29, 0.717) is 35.7 Å². The van der Waals surface area contributed by atoms with Gasteiger partial charge in [-0.1, -0.05) is 18.2 Å². The van der Waals surface area contributed by atoms with Gasteiger partial charge in [-0.15, -0.1) is 0 Å². The van der Waals surface area contributed by atoms with Crippen LogP contribution in [0, 0.1) is 11.6 Å². The van der Waals surface area contributed by atoms with Gasteiger partial charge in [0, 0.05) is 24.0 Å². The monoisotopic (exact) mass is 435 g/mol. The Morgan fingerprint density at radius 3 is 2.81 bits per heavy atom. The number of amides is 1. The van der Waals surface area contributed by atoms with E-state index in [4.69, 9.17) is 4.74 Å². The molecule has 5 rings (SSSR count). The van der Waals surface area contributed by atoms with Gasteiger partial charge in [0.05, 0.1) is 12.2 Å². The lowest BCUT2D eigenvalue weighted by Crippen LogP contribution is -2.24. The van der Waals surface area contributed by atoms with Crippen LogP contribution in [-0.4, -0.2) is 27.2 Å². The quantitative estimate of drug-likeness (QED) is 0.491. The van der Waals surface area contributed by atoms with Crippen molar-refractivity contribution in [2.24, 2.45) is 0 Å². The summed E-state index contributed by atoms with van der Waals surface area (Å²) in [6.45, 7) is 0.641. The molecule has 1 aliphatic rings. The number of halogens is 2. The van der Waals surface area contributed by atoms with E-state index in [2.05, 4.69) is 15.4 Å². The number of aromatic nitrogens is 3. The first-order valence-electron chi connectivity index (χ1n) is 10.2. The molecular formula is C23H19F2N5O2. The molecule has 1 amide bonds. The average Bonchev–Trinajstić information content (AvgIpc) is 3.43. The van der Waals surface area contributed by atoms with Gasteiger partial charge in [-0.2, -0.15) is 5.10 Å². The smallest absolute Gasteiger partial charge is 0.404 e. The number of hydrogen-bond donors (Lipinski definition) is 1. The zero-order valence-corrected chi connectivity index (χ0v) is 16.9. The van der Waals surface area contributed by atoms with Crippen LogP contribution in [-0.2, 0) is 0 Å². The third-order valence-electron chi connectivity index (χ3n) is 5.41. The van der Waals surface area contributed by atoms with Crippen molar-refractivity contribution in [3.05, 3.63) is 84.2 Å². The number of para-hydroxylation sites is 1. The summed E-state index contributed by atoms with van der Waals surface area (Å²) in [5.41, 5.74) is 1.24. The Bertz CT molecular complexity index is 1280. The van der Waals surface area contributed by atoms with Crippen LogP contribution < -0.4 is 15.0 Å². The summed E-state index contributed by atoms with van der Waals surface area (Å²) >= 11 is 0. The Morgan fingerprint density at radius 2 is 1.97 bits per heavy atom. The van der Waals surface area contributed by atoms with Crippen molar-refractivity contribution in [2.75, 3.05) is 16.8 Å². The molecule has 0 aliphatic carbocycles. The van der Waals surface area contributed by atoms with Crippen LogP contribution in [0.2, 0.25) is 0 Å². The third-order valence-corrected chi connectivity index (χ3v) is 5.41. The van der Waals surface area contributed by atoms with Gasteiger partial charge >= 0.3 is 6.09 Å². The fraction of sp³-hybridized carbons (Fsp3) is 0.174. The Labute approximate surface area is 182 Å². The fourth-order valence-electron chi connectivity index (χ4n) is 3.97. The van der Waals surface area contributed by atoms with Crippen LogP contribution in [0.3, 0.4) is 0 Å². The van der Waals surface area contributed by atoms with Gasteiger partial charge < -0.3 is 9.64 Å². The van der Waals surface area contributed by atoms with Gasteiger partial charge in [0.15, 0.2) is 5.75 Å². The predicted molar refractivity (Wildman–Crippen MR) is 115 cm³/mol. The molecule has 0 radical (unpaired) electrons. The van der Waals surface area contributed by atoms with Crippen LogP contribution in [0.1, 0.15) is 24.4 Å². The number of rotatable bonds is 4. The normalized spacial score (nSPS) is 15.8. The van der Waals surface area contributed by atoms with E-state index in [1.165, 1.54) is 16.8 Å². The first-order valence-corrected chi connectivity index (χ1v) is 10.2. The summed E-state index contributed by atoms with van der Waals surface area (Å²) < 4.78 is 35.1. The molecule has 7 nitrogen and oxygen atoms in total. The number of carbonyl (C=O) groups is 1. The van der Waals surface area contributed by atoms with Gasteiger partial charge in [-0.3, -0.25) is 5.32 Å². The van der Waals surface area contributed by atoms with Crippen molar-refractivity contribution in [1.29, 1.82) is 0 Å². The van der Waals surface area contributed by atoms with Crippen molar-refractivity contribution in [2.45, 2.75) is 18.9 Å². The Balaban J connectivity index is 1.42. The van der Waals surface area contributed by atoms with Crippen molar-refractivity contribution in [3.8, 4) is 5.75 Å². The summed E-state index contributed by atoms with van der Waals surface area (Å²) in [5.74, 6) is -0.173. The average molecular weight is 435 g/mol. The maximum Gasteiger partial charge on any atom is 0.417 e. The van der Waals surface area contributed by atoms with Crippen molar-refractivity contribution in [1.82, 2.24) is 14.6 Å². The lowest BCUT2D eigenvalue weighted by Gasteiger charge is -2.26. The molecule has 4 aromatic rings. The van der Waals surface area contributed by atoms with Gasteiger partial charge in [0.25, 0.3) is 0 Å². The topological polar surface area (TPSA) is 71.8 Å². The van der Waals surface area contributed by atoms with Crippen molar-refractivity contribution in [3.63, 3.8) is 0 Å². The second-order valence-electron chi connectivity index (χ2n) is 7.46. The van der Waals surface area contributed by atoms with E-state index in [0.717, 1.165) is 18.6 Å². The molecule has 0 spiro atoms. The SMILES string of the molecule is O=C(Nc1ccccc1)Oc1cnn2ccc(N3CCC[C@@H]3c3cc(F)ccc3F)nc12. The summed E-state index contributed by atoms with van der Waals surface area (Å²) in [6, 6.07) is 13.8. The Hall–Kier alpha value is -4.01. The van der Waals surface area contributed by atoms with Gasteiger partial charge in [0.1, 0.15) is 17.5 Å². The molecule has 0 unspecified atom stereocenters. The van der Waals surface area contributed by atoms with E-state index in [-0.39, 0.29) is 11.8 Å². The van der Waals surface area contributed by atoms with Gasteiger partial charge in [-0.05, 0) is 49.2 Å². The molecule has 162 valence electrons. The zero-order valence-electron chi connectivity index (χ0n) is 16.9. The number of ether oxygens (including phenoxy) is 1. The van der Waals surface area contributed by atoms with E-state index >= 15 is 0 Å². The molecule has 1 N–H and O–H groups in total. The Morgan fingerprint density at radius 1 is 1.12 bits per heavy atom. The van der Waals surface area contributed by atoms with Gasteiger partial charge in [0.2, 0.25) is 5.65 Å². The van der Waals surface area contributed by atoms with E-state index in [1.54, 1.807) is 36.5 Å². The van der Waals surface area contributed by atoms with Crippen LogP contribution in [0.4, 0.5) is 25.1 Å².